The molecule has 0 bridgehead atoms. The SMILES string of the molecule is Nc1c(NC2CCC(=O)NC2)cccc1S(N)(=O)=O. The van der Waals surface area contributed by atoms with E-state index in [9.17, 15) is 13.2 Å². The molecule has 104 valence electrons. The second-order valence-electron chi connectivity index (χ2n) is 4.45. The van der Waals surface area contributed by atoms with Crippen LogP contribution in [0.4, 0.5) is 11.4 Å². The van der Waals surface area contributed by atoms with E-state index in [2.05, 4.69) is 10.6 Å². The lowest BCUT2D eigenvalue weighted by atomic mass is 10.1. The van der Waals surface area contributed by atoms with E-state index >= 15 is 0 Å². The fourth-order valence-corrected chi connectivity index (χ4v) is 2.68. The average Bonchev–Trinajstić information content (AvgIpc) is 2.33. The predicted molar refractivity (Wildman–Crippen MR) is 71.9 cm³/mol. The van der Waals surface area contributed by atoms with Crippen molar-refractivity contribution < 1.29 is 13.2 Å². The molecule has 1 unspecified atom stereocenters. The van der Waals surface area contributed by atoms with Crippen molar-refractivity contribution in [2.75, 3.05) is 17.6 Å². The number of sulfonamides is 1. The lowest BCUT2D eigenvalue weighted by Crippen LogP contribution is -2.42. The van der Waals surface area contributed by atoms with Gasteiger partial charge in [-0.25, -0.2) is 13.6 Å². The number of para-hydroxylation sites is 1. The van der Waals surface area contributed by atoms with Crippen LogP contribution in [-0.4, -0.2) is 26.9 Å². The number of hydrogen-bond acceptors (Lipinski definition) is 5. The first-order chi connectivity index (χ1) is 8.88. The highest BCUT2D eigenvalue weighted by molar-refractivity contribution is 7.89. The van der Waals surface area contributed by atoms with Gasteiger partial charge in [0.05, 0.1) is 11.4 Å². The molecule has 8 heteroatoms. The second-order valence-corrected chi connectivity index (χ2v) is 5.98. The molecule has 1 amide bonds. The molecule has 1 aromatic carbocycles. The van der Waals surface area contributed by atoms with Crippen LogP contribution < -0.4 is 21.5 Å². The highest BCUT2D eigenvalue weighted by atomic mass is 32.2. The number of carbonyl (C=O) groups is 1. The largest absolute Gasteiger partial charge is 0.396 e. The number of anilines is 2. The molecule has 7 nitrogen and oxygen atoms in total. The number of nitrogens with one attached hydrogen (secondary N) is 2. The maximum absolute atomic E-state index is 11.4. The van der Waals surface area contributed by atoms with Crippen molar-refractivity contribution in [1.29, 1.82) is 0 Å². The minimum absolute atomic E-state index is 0.0179. The molecule has 0 radical (unpaired) electrons. The van der Waals surface area contributed by atoms with Gasteiger partial charge in [0.15, 0.2) is 0 Å². The molecule has 1 fully saturated rings. The molecule has 1 aromatic rings. The molecule has 1 heterocycles. The van der Waals surface area contributed by atoms with Crippen molar-refractivity contribution in [3.8, 4) is 0 Å². The molecule has 1 aliphatic heterocycles. The van der Waals surface area contributed by atoms with Gasteiger partial charge in [0.25, 0.3) is 0 Å². The molecule has 2 rings (SSSR count). The monoisotopic (exact) mass is 284 g/mol. The molecule has 1 aliphatic rings. The Kier molecular flexibility index (Phi) is 3.63. The van der Waals surface area contributed by atoms with Crippen molar-refractivity contribution in [3.63, 3.8) is 0 Å². The van der Waals surface area contributed by atoms with Crippen LogP contribution in [0.3, 0.4) is 0 Å². The van der Waals surface area contributed by atoms with Gasteiger partial charge in [-0.1, -0.05) is 6.07 Å². The minimum atomic E-state index is -3.84. The maximum Gasteiger partial charge on any atom is 0.240 e. The standard InChI is InChI=1S/C11H16N4O3S/c12-11-8(2-1-3-9(11)19(13,17)18)15-7-4-5-10(16)14-6-7/h1-3,7,15H,4-6,12H2,(H,14,16)(H2,13,17,18). The van der Waals surface area contributed by atoms with Gasteiger partial charge in [0.2, 0.25) is 15.9 Å². The Labute approximate surface area is 111 Å². The van der Waals surface area contributed by atoms with Crippen molar-refractivity contribution in [1.82, 2.24) is 5.32 Å². The number of nitrogen functional groups attached to an aromatic ring is 1. The first-order valence-corrected chi connectivity index (χ1v) is 7.37. The summed E-state index contributed by atoms with van der Waals surface area (Å²) in [5.74, 6) is 0.0179. The van der Waals surface area contributed by atoms with Gasteiger partial charge >= 0.3 is 0 Å². The zero-order valence-corrected chi connectivity index (χ0v) is 11.0. The molecule has 0 spiro atoms. The van der Waals surface area contributed by atoms with Crippen LogP contribution in [-0.2, 0) is 14.8 Å². The van der Waals surface area contributed by atoms with Gasteiger partial charge in [0, 0.05) is 19.0 Å². The summed E-state index contributed by atoms with van der Waals surface area (Å²) in [6.45, 7) is 0.484. The molecule has 19 heavy (non-hydrogen) atoms. The summed E-state index contributed by atoms with van der Waals surface area (Å²) in [6, 6.07) is 4.63. The van der Waals surface area contributed by atoms with E-state index < -0.39 is 10.0 Å². The number of primary sulfonamides is 1. The summed E-state index contributed by atoms with van der Waals surface area (Å²) >= 11 is 0. The number of carbonyl (C=O) groups excluding carboxylic acids is 1. The van der Waals surface area contributed by atoms with Gasteiger partial charge in [-0.05, 0) is 18.6 Å². The zero-order valence-electron chi connectivity index (χ0n) is 10.2. The Hall–Kier alpha value is -1.80. The van der Waals surface area contributed by atoms with E-state index in [1.165, 1.54) is 6.07 Å². The Morgan fingerprint density at radius 3 is 2.68 bits per heavy atom. The number of benzene rings is 1. The third-order valence-electron chi connectivity index (χ3n) is 3.00. The molecule has 0 saturated carbocycles. The first-order valence-electron chi connectivity index (χ1n) is 5.82. The van der Waals surface area contributed by atoms with Crippen molar-refractivity contribution in [3.05, 3.63) is 18.2 Å². The highest BCUT2D eigenvalue weighted by Gasteiger charge is 2.20. The van der Waals surface area contributed by atoms with E-state index in [0.717, 1.165) is 0 Å². The summed E-state index contributed by atoms with van der Waals surface area (Å²) in [5, 5.41) is 10.9. The van der Waals surface area contributed by atoms with Crippen molar-refractivity contribution in [2.24, 2.45) is 5.14 Å². The smallest absolute Gasteiger partial charge is 0.240 e. The Balaban J connectivity index is 2.20. The summed E-state index contributed by atoms with van der Waals surface area (Å²) in [6.07, 6.45) is 1.11. The fraction of sp³-hybridized carbons (Fsp3) is 0.364. The van der Waals surface area contributed by atoms with E-state index in [0.29, 0.717) is 25.1 Å². The first kappa shape index (κ1) is 13.6. The number of amides is 1. The normalized spacial score (nSPS) is 19.8. The van der Waals surface area contributed by atoms with Gasteiger partial charge in [-0.2, -0.15) is 0 Å². The third kappa shape index (κ3) is 3.15. The second kappa shape index (κ2) is 5.06. The van der Waals surface area contributed by atoms with E-state index in [4.69, 9.17) is 10.9 Å². The van der Waals surface area contributed by atoms with Crippen LogP contribution in [0.1, 0.15) is 12.8 Å². The quantitative estimate of drug-likeness (QED) is 0.562. The van der Waals surface area contributed by atoms with E-state index in [-0.39, 0.29) is 22.5 Å². The number of hydrogen-bond donors (Lipinski definition) is 4. The average molecular weight is 284 g/mol. The minimum Gasteiger partial charge on any atom is -0.396 e. The molecule has 1 atom stereocenters. The lowest BCUT2D eigenvalue weighted by Gasteiger charge is -2.25. The maximum atomic E-state index is 11.4. The van der Waals surface area contributed by atoms with Crippen molar-refractivity contribution in [2.45, 2.75) is 23.8 Å². The number of piperidine rings is 1. The Bertz CT molecular complexity index is 590. The molecule has 0 aliphatic carbocycles. The molecular weight excluding hydrogens is 268 g/mol. The van der Waals surface area contributed by atoms with Crippen LogP contribution >= 0.6 is 0 Å². The van der Waals surface area contributed by atoms with E-state index in [1.54, 1.807) is 12.1 Å². The summed E-state index contributed by atoms with van der Waals surface area (Å²) in [7, 11) is -3.84. The zero-order chi connectivity index (χ0) is 14.0. The van der Waals surface area contributed by atoms with Crippen LogP contribution in [0.15, 0.2) is 23.1 Å². The Morgan fingerprint density at radius 2 is 2.11 bits per heavy atom. The number of rotatable bonds is 3. The Morgan fingerprint density at radius 1 is 1.37 bits per heavy atom. The highest BCUT2D eigenvalue weighted by Crippen LogP contribution is 2.27. The van der Waals surface area contributed by atoms with Gasteiger partial charge in [0.1, 0.15) is 4.90 Å². The van der Waals surface area contributed by atoms with Crippen LogP contribution in [0.2, 0.25) is 0 Å². The van der Waals surface area contributed by atoms with Crippen LogP contribution in [0.5, 0.6) is 0 Å². The topological polar surface area (TPSA) is 127 Å². The summed E-state index contributed by atoms with van der Waals surface area (Å²) < 4.78 is 22.7. The van der Waals surface area contributed by atoms with Gasteiger partial charge in [-0.3, -0.25) is 4.79 Å². The summed E-state index contributed by atoms with van der Waals surface area (Å²) in [5.41, 5.74) is 6.41. The fourth-order valence-electron chi connectivity index (χ4n) is 1.99. The van der Waals surface area contributed by atoms with E-state index in [1.807, 2.05) is 0 Å². The van der Waals surface area contributed by atoms with Crippen molar-refractivity contribution >= 4 is 27.3 Å². The predicted octanol–water partition coefficient (Wildman–Crippen LogP) is -0.393. The van der Waals surface area contributed by atoms with Crippen LogP contribution in [0, 0.1) is 0 Å². The summed E-state index contributed by atoms with van der Waals surface area (Å²) in [4.78, 5) is 11.0. The number of nitrogens with two attached hydrogens (primary N) is 2. The van der Waals surface area contributed by atoms with Gasteiger partial charge < -0.3 is 16.4 Å². The third-order valence-corrected chi connectivity index (χ3v) is 3.97. The molecule has 1 saturated heterocycles. The molecule has 0 aromatic heterocycles. The lowest BCUT2D eigenvalue weighted by molar-refractivity contribution is -0.122. The molecule has 6 N–H and O–H groups in total. The van der Waals surface area contributed by atoms with Gasteiger partial charge in [-0.15, -0.1) is 0 Å². The molecular formula is C11H16N4O3S. The van der Waals surface area contributed by atoms with Crippen LogP contribution in [0.25, 0.3) is 0 Å².